The van der Waals surface area contributed by atoms with Gasteiger partial charge in [-0.3, -0.25) is 0 Å². The standard InChI is InChI=1S/C15H24N2O2/c1-3-17-10-11(2)19-15-7-6-12(9-13(15)17)14(18)5-4-8-16/h6-7,9,11,14,18H,3-5,8,10,16H2,1-2H3. The van der Waals surface area contributed by atoms with E-state index in [9.17, 15) is 5.11 Å². The first kappa shape index (κ1) is 14.2. The van der Waals surface area contributed by atoms with Crippen molar-refractivity contribution in [1.29, 1.82) is 0 Å². The topological polar surface area (TPSA) is 58.7 Å². The van der Waals surface area contributed by atoms with Crippen molar-refractivity contribution in [2.75, 3.05) is 24.5 Å². The molecule has 1 aromatic carbocycles. The number of fused-ring (bicyclic) bond motifs is 1. The fraction of sp³-hybridized carbons (Fsp3) is 0.600. The molecule has 1 aliphatic heterocycles. The molecule has 1 heterocycles. The molecule has 3 N–H and O–H groups in total. The van der Waals surface area contributed by atoms with Gasteiger partial charge < -0.3 is 20.5 Å². The largest absolute Gasteiger partial charge is 0.487 e. The summed E-state index contributed by atoms with van der Waals surface area (Å²) in [7, 11) is 0. The number of anilines is 1. The minimum Gasteiger partial charge on any atom is -0.487 e. The number of ether oxygens (including phenoxy) is 1. The lowest BCUT2D eigenvalue weighted by atomic mass is 10.0. The van der Waals surface area contributed by atoms with Gasteiger partial charge in [0, 0.05) is 6.54 Å². The van der Waals surface area contributed by atoms with Gasteiger partial charge in [0.05, 0.1) is 18.3 Å². The predicted octanol–water partition coefficient (Wildman–Crippen LogP) is 2.07. The summed E-state index contributed by atoms with van der Waals surface area (Å²) in [5, 5.41) is 10.1. The Morgan fingerprint density at radius 1 is 1.53 bits per heavy atom. The molecule has 1 aromatic rings. The zero-order valence-electron chi connectivity index (χ0n) is 11.8. The second-order valence-electron chi connectivity index (χ2n) is 5.14. The van der Waals surface area contributed by atoms with Crippen molar-refractivity contribution < 1.29 is 9.84 Å². The first-order chi connectivity index (χ1) is 9.15. The van der Waals surface area contributed by atoms with Crippen LogP contribution in [0.5, 0.6) is 5.75 Å². The Balaban J connectivity index is 2.21. The third-order valence-electron chi connectivity index (χ3n) is 3.58. The third kappa shape index (κ3) is 3.19. The van der Waals surface area contributed by atoms with E-state index in [1.807, 2.05) is 18.2 Å². The van der Waals surface area contributed by atoms with Crippen LogP contribution in [0.25, 0.3) is 0 Å². The van der Waals surface area contributed by atoms with Crippen LogP contribution >= 0.6 is 0 Å². The molecule has 1 aliphatic rings. The van der Waals surface area contributed by atoms with Crippen LogP contribution in [0.15, 0.2) is 18.2 Å². The Labute approximate surface area is 115 Å². The number of likely N-dealkylation sites (N-methyl/N-ethyl adjacent to an activating group) is 1. The molecular formula is C15H24N2O2. The van der Waals surface area contributed by atoms with E-state index in [0.717, 1.165) is 36.5 Å². The highest BCUT2D eigenvalue weighted by Crippen LogP contribution is 2.36. The van der Waals surface area contributed by atoms with Gasteiger partial charge in [0.15, 0.2) is 0 Å². The van der Waals surface area contributed by atoms with Crippen molar-refractivity contribution in [2.24, 2.45) is 5.73 Å². The Bertz CT molecular complexity index is 423. The van der Waals surface area contributed by atoms with Gasteiger partial charge in [0.1, 0.15) is 11.9 Å². The fourth-order valence-electron chi connectivity index (χ4n) is 2.53. The predicted molar refractivity (Wildman–Crippen MR) is 77.7 cm³/mol. The zero-order chi connectivity index (χ0) is 13.8. The minimum absolute atomic E-state index is 0.209. The van der Waals surface area contributed by atoms with Crippen molar-refractivity contribution in [3.05, 3.63) is 23.8 Å². The van der Waals surface area contributed by atoms with Crippen LogP contribution in [0, 0.1) is 0 Å². The summed E-state index contributed by atoms with van der Waals surface area (Å²) >= 11 is 0. The second-order valence-corrected chi connectivity index (χ2v) is 5.14. The molecule has 4 heteroatoms. The summed E-state index contributed by atoms with van der Waals surface area (Å²) < 4.78 is 5.84. The van der Waals surface area contributed by atoms with E-state index < -0.39 is 6.10 Å². The van der Waals surface area contributed by atoms with E-state index in [0.29, 0.717) is 13.0 Å². The van der Waals surface area contributed by atoms with E-state index in [4.69, 9.17) is 10.5 Å². The molecule has 106 valence electrons. The SMILES string of the molecule is CCN1CC(C)Oc2ccc(C(O)CCCN)cc21. The van der Waals surface area contributed by atoms with Gasteiger partial charge in [0.2, 0.25) is 0 Å². The lowest BCUT2D eigenvalue weighted by Crippen LogP contribution is -2.38. The van der Waals surface area contributed by atoms with E-state index >= 15 is 0 Å². The van der Waals surface area contributed by atoms with E-state index in [1.165, 1.54) is 0 Å². The van der Waals surface area contributed by atoms with Crippen molar-refractivity contribution in [1.82, 2.24) is 0 Å². The molecule has 2 atom stereocenters. The molecule has 0 amide bonds. The molecule has 19 heavy (non-hydrogen) atoms. The van der Waals surface area contributed by atoms with E-state index in [2.05, 4.69) is 18.7 Å². The summed E-state index contributed by atoms with van der Waals surface area (Å²) in [5.74, 6) is 0.912. The third-order valence-corrected chi connectivity index (χ3v) is 3.58. The van der Waals surface area contributed by atoms with Gasteiger partial charge in [-0.15, -0.1) is 0 Å². The number of benzene rings is 1. The van der Waals surface area contributed by atoms with Gasteiger partial charge in [-0.25, -0.2) is 0 Å². The van der Waals surface area contributed by atoms with Crippen LogP contribution in [0.1, 0.15) is 38.4 Å². The van der Waals surface area contributed by atoms with Gasteiger partial charge in [-0.2, -0.15) is 0 Å². The Hall–Kier alpha value is -1.26. The first-order valence-corrected chi connectivity index (χ1v) is 7.09. The molecule has 0 radical (unpaired) electrons. The maximum Gasteiger partial charge on any atom is 0.143 e. The highest BCUT2D eigenvalue weighted by Gasteiger charge is 2.22. The number of aliphatic hydroxyl groups is 1. The van der Waals surface area contributed by atoms with Crippen molar-refractivity contribution in [3.8, 4) is 5.75 Å². The Morgan fingerprint density at radius 2 is 2.32 bits per heavy atom. The summed E-state index contributed by atoms with van der Waals surface area (Å²) in [6.07, 6.45) is 1.31. The molecule has 0 bridgehead atoms. The molecule has 0 saturated carbocycles. The number of nitrogens with zero attached hydrogens (tertiary/aromatic N) is 1. The van der Waals surface area contributed by atoms with Gasteiger partial charge in [-0.05, 0) is 50.9 Å². The van der Waals surface area contributed by atoms with Crippen LogP contribution in [0.3, 0.4) is 0 Å². The summed E-state index contributed by atoms with van der Waals surface area (Å²) in [6, 6.07) is 5.96. The summed E-state index contributed by atoms with van der Waals surface area (Å²) in [6.45, 7) is 6.67. The molecule has 4 nitrogen and oxygen atoms in total. The Morgan fingerprint density at radius 3 is 3.00 bits per heavy atom. The lowest BCUT2D eigenvalue weighted by Gasteiger charge is -2.34. The van der Waals surface area contributed by atoms with Crippen molar-refractivity contribution >= 4 is 5.69 Å². The highest BCUT2D eigenvalue weighted by atomic mass is 16.5. The van der Waals surface area contributed by atoms with Crippen LogP contribution in [-0.2, 0) is 0 Å². The molecule has 0 spiro atoms. The molecule has 0 aliphatic carbocycles. The normalized spacial score (nSPS) is 19.8. The van der Waals surface area contributed by atoms with Crippen LogP contribution < -0.4 is 15.4 Å². The van der Waals surface area contributed by atoms with Gasteiger partial charge in [-0.1, -0.05) is 6.07 Å². The molecule has 0 aromatic heterocycles. The average molecular weight is 264 g/mol. The second kappa shape index (κ2) is 6.26. The number of hydrogen-bond donors (Lipinski definition) is 2. The monoisotopic (exact) mass is 264 g/mol. The van der Waals surface area contributed by atoms with Gasteiger partial charge in [0.25, 0.3) is 0 Å². The summed E-state index contributed by atoms with van der Waals surface area (Å²) in [5.41, 5.74) is 7.52. The van der Waals surface area contributed by atoms with Crippen LogP contribution in [0.2, 0.25) is 0 Å². The van der Waals surface area contributed by atoms with E-state index in [1.54, 1.807) is 0 Å². The van der Waals surface area contributed by atoms with Crippen LogP contribution in [-0.4, -0.2) is 30.8 Å². The number of nitrogens with two attached hydrogens (primary N) is 1. The van der Waals surface area contributed by atoms with Crippen molar-refractivity contribution in [3.63, 3.8) is 0 Å². The number of hydrogen-bond acceptors (Lipinski definition) is 4. The quantitative estimate of drug-likeness (QED) is 0.854. The summed E-state index contributed by atoms with van der Waals surface area (Å²) in [4.78, 5) is 2.29. The Kier molecular flexibility index (Phi) is 4.66. The average Bonchev–Trinajstić information content (AvgIpc) is 2.43. The highest BCUT2D eigenvalue weighted by molar-refractivity contribution is 5.61. The molecule has 2 unspecified atom stereocenters. The molecular weight excluding hydrogens is 240 g/mol. The molecule has 0 saturated heterocycles. The van der Waals surface area contributed by atoms with Gasteiger partial charge >= 0.3 is 0 Å². The smallest absolute Gasteiger partial charge is 0.143 e. The maximum absolute atomic E-state index is 10.1. The molecule has 2 rings (SSSR count). The lowest BCUT2D eigenvalue weighted by molar-refractivity contribution is 0.165. The molecule has 0 fully saturated rings. The first-order valence-electron chi connectivity index (χ1n) is 7.09. The maximum atomic E-state index is 10.1. The number of rotatable bonds is 5. The van der Waals surface area contributed by atoms with Crippen molar-refractivity contribution in [2.45, 2.75) is 38.9 Å². The zero-order valence-corrected chi connectivity index (χ0v) is 11.8. The van der Waals surface area contributed by atoms with E-state index in [-0.39, 0.29) is 6.10 Å². The number of aliphatic hydroxyl groups excluding tert-OH is 1. The van der Waals surface area contributed by atoms with Crippen LogP contribution in [0.4, 0.5) is 5.69 Å². The minimum atomic E-state index is -0.438. The fourth-order valence-corrected chi connectivity index (χ4v) is 2.53.